The Labute approximate surface area is 93.6 Å². The topological polar surface area (TPSA) is 55.4 Å². The summed E-state index contributed by atoms with van der Waals surface area (Å²) < 4.78 is 4.66. The number of carbonyl (C=O) groups is 2. The largest absolute Gasteiger partial charge is 0.456 e. The molecule has 0 aliphatic carbocycles. The van der Waals surface area contributed by atoms with Crippen LogP contribution in [0.3, 0.4) is 0 Å². The lowest BCUT2D eigenvalue weighted by Crippen LogP contribution is -2.00. The van der Waals surface area contributed by atoms with Gasteiger partial charge in [0, 0.05) is 11.5 Å². The van der Waals surface area contributed by atoms with Crippen LogP contribution < -0.4 is 5.32 Å². The van der Waals surface area contributed by atoms with Gasteiger partial charge in [-0.2, -0.15) is 0 Å². The Balaban J connectivity index is 2.87. The van der Waals surface area contributed by atoms with Gasteiger partial charge in [0.25, 0.3) is 0 Å². The van der Waals surface area contributed by atoms with Crippen molar-refractivity contribution in [3.8, 4) is 11.8 Å². The van der Waals surface area contributed by atoms with Gasteiger partial charge in [0.2, 0.25) is 6.41 Å². The molecule has 0 fully saturated rings. The van der Waals surface area contributed by atoms with Crippen LogP contribution in [-0.4, -0.2) is 19.0 Å². The highest BCUT2D eigenvalue weighted by atomic mass is 16.5. The Bertz CT molecular complexity index is 443. The first kappa shape index (κ1) is 11.8. The van der Waals surface area contributed by atoms with Crippen LogP contribution in [0.1, 0.15) is 12.5 Å². The summed E-state index contributed by atoms with van der Waals surface area (Å²) in [6, 6.07) is 6.94. The second-order valence-corrected chi connectivity index (χ2v) is 2.78. The number of rotatable bonds is 3. The molecule has 0 unspecified atom stereocenters. The molecule has 4 nitrogen and oxygen atoms in total. The van der Waals surface area contributed by atoms with Crippen molar-refractivity contribution in [2.45, 2.75) is 6.92 Å². The van der Waals surface area contributed by atoms with Crippen LogP contribution in [0.2, 0.25) is 0 Å². The number of ether oxygens (including phenoxy) is 1. The van der Waals surface area contributed by atoms with Crippen LogP contribution in [0.5, 0.6) is 0 Å². The molecule has 4 heteroatoms. The number of carbonyl (C=O) groups excluding carboxylic acids is 2. The van der Waals surface area contributed by atoms with Crippen molar-refractivity contribution in [2.24, 2.45) is 0 Å². The van der Waals surface area contributed by atoms with Crippen LogP contribution >= 0.6 is 0 Å². The molecule has 16 heavy (non-hydrogen) atoms. The number of para-hydroxylation sites is 1. The molecule has 1 N–H and O–H groups in total. The SMILES string of the molecule is CCOC(=O)C#Cc1ccccc1NC=O. The number of anilines is 1. The normalized spacial score (nSPS) is 8.56. The van der Waals surface area contributed by atoms with Crippen molar-refractivity contribution in [1.29, 1.82) is 0 Å². The predicted molar refractivity (Wildman–Crippen MR) is 59.6 cm³/mol. The fourth-order valence-electron chi connectivity index (χ4n) is 1.07. The van der Waals surface area contributed by atoms with E-state index in [4.69, 9.17) is 0 Å². The summed E-state index contributed by atoms with van der Waals surface area (Å²) in [5.41, 5.74) is 1.14. The summed E-state index contributed by atoms with van der Waals surface area (Å²) >= 11 is 0. The van der Waals surface area contributed by atoms with Gasteiger partial charge in [0.1, 0.15) is 0 Å². The summed E-state index contributed by atoms with van der Waals surface area (Å²) in [5.74, 6) is 4.39. The maximum Gasteiger partial charge on any atom is 0.384 e. The minimum Gasteiger partial charge on any atom is -0.456 e. The molecule has 1 amide bonds. The van der Waals surface area contributed by atoms with E-state index in [0.717, 1.165) is 0 Å². The molecule has 0 atom stereocenters. The maximum atomic E-state index is 11.0. The van der Waals surface area contributed by atoms with Crippen molar-refractivity contribution in [1.82, 2.24) is 0 Å². The molecule has 0 saturated heterocycles. The molecule has 0 radical (unpaired) electrons. The molecule has 0 bridgehead atoms. The van der Waals surface area contributed by atoms with Gasteiger partial charge >= 0.3 is 5.97 Å². The number of esters is 1. The Morgan fingerprint density at radius 3 is 2.94 bits per heavy atom. The van der Waals surface area contributed by atoms with Crippen LogP contribution in [0.4, 0.5) is 5.69 Å². The van der Waals surface area contributed by atoms with Crippen molar-refractivity contribution >= 4 is 18.1 Å². The third-order valence-corrected chi connectivity index (χ3v) is 1.72. The average molecular weight is 217 g/mol. The summed E-state index contributed by atoms with van der Waals surface area (Å²) in [5, 5.41) is 2.50. The van der Waals surface area contributed by atoms with Crippen LogP contribution in [0.15, 0.2) is 24.3 Å². The van der Waals surface area contributed by atoms with Gasteiger partial charge in [-0.25, -0.2) is 4.79 Å². The first-order valence-electron chi connectivity index (χ1n) is 4.76. The van der Waals surface area contributed by atoms with Crippen molar-refractivity contribution in [2.75, 3.05) is 11.9 Å². The van der Waals surface area contributed by atoms with E-state index in [1.54, 1.807) is 31.2 Å². The quantitative estimate of drug-likeness (QED) is 0.469. The second-order valence-electron chi connectivity index (χ2n) is 2.78. The van der Waals surface area contributed by atoms with E-state index in [2.05, 4.69) is 21.9 Å². The van der Waals surface area contributed by atoms with E-state index in [0.29, 0.717) is 24.3 Å². The third kappa shape index (κ3) is 3.46. The van der Waals surface area contributed by atoms with E-state index in [9.17, 15) is 9.59 Å². The van der Waals surface area contributed by atoms with Gasteiger partial charge in [-0.15, -0.1) is 0 Å². The zero-order valence-electron chi connectivity index (χ0n) is 8.82. The van der Waals surface area contributed by atoms with Gasteiger partial charge in [-0.1, -0.05) is 18.1 Å². The predicted octanol–water partition coefficient (Wildman–Crippen LogP) is 1.17. The molecule has 0 spiro atoms. The fourth-order valence-corrected chi connectivity index (χ4v) is 1.07. The summed E-state index contributed by atoms with van der Waals surface area (Å²) in [4.78, 5) is 21.3. The molecule has 0 saturated carbocycles. The molecule has 0 aliphatic rings. The van der Waals surface area contributed by atoms with Gasteiger partial charge in [-0.3, -0.25) is 4.79 Å². The van der Waals surface area contributed by atoms with Crippen LogP contribution in [0.25, 0.3) is 0 Å². The highest BCUT2D eigenvalue weighted by molar-refractivity contribution is 5.90. The lowest BCUT2D eigenvalue weighted by molar-refractivity contribution is -0.136. The van der Waals surface area contributed by atoms with Gasteiger partial charge < -0.3 is 10.1 Å². The molecule has 0 heterocycles. The van der Waals surface area contributed by atoms with Gasteiger partial charge in [0.15, 0.2) is 0 Å². The molecule has 0 aromatic heterocycles. The molecule has 0 aliphatic heterocycles. The Kier molecular flexibility index (Phi) is 4.61. The summed E-state index contributed by atoms with van der Waals surface area (Å²) in [6.07, 6.45) is 0.560. The standard InChI is InChI=1S/C12H11NO3/c1-2-16-12(15)8-7-10-5-3-4-6-11(10)13-9-14/h3-6,9H,2H2,1H3,(H,13,14). The lowest BCUT2D eigenvalue weighted by Gasteiger charge is -2.00. The molecule has 1 aromatic carbocycles. The zero-order chi connectivity index (χ0) is 11.8. The first-order valence-corrected chi connectivity index (χ1v) is 4.76. The van der Waals surface area contributed by atoms with Crippen molar-refractivity contribution < 1.29 is 14.3 Å². The van der Waals surface area contributed by atoms with Crippen molar-refractivity contribution in [3.05, 3.63) is 29.8 Å². The van der Waals surface area contributed by atoms with E-state index >= 15 is 0 Å². The molecular formula is C12H11NO3. The number of amides is 1. The highest BCUT2D eigenvalue weighted by Crippen LogP contribution is 2.12. The van der Waals surface area contributed by atoms with E-state index in [1.807, 2.05) is 0 Å². The van der Waals surface area contributed by atoms with E-state index < -0.39 is 5.97 Å². The minimum absolute atomic E-state index is 0.293. The molecular weight excluding hydrogens is 206 g/mol. The monoisotopic (exact) mass is 217 g/mol. The number of nitrogens with one attached hydrogen (secondary N) is 1. The summed E-state index contributed by atoms with van der Waals surface area (Å²) in [6.45, 7) is 2.00. The highest BCUT2D eigenvalue weighted by Gasteiger charge is 1.98. The van der Waals surface area contributed by atoms with Gasteiger partial charge in [0.05, 0.1) is 12.3 Å². The molecule has 82 valence electrons. The number of hydrogen-bond donors (Lipinski definition) is 1. The number of benzene rings is 1. The van der Waals surface area contributed by atoms with Crippen LogP contribution in [0, 0.1) is 11.8 Å². The zero-order valence-corrected chi connectivity index (χ0v) is 8.82. The smallest absolute Gasteiger partial charge is 0.384 e. The number of hydrogen-bond acceptors (Lipinski definition) is 3. The van der Waals surface area contributed by atoms with E-state index in [1.165, 1.54) is 0 Å². The maximum absolute atomic E-state index is 11.0. The van der Waals surface area contributed by atoms with Gasteiger partial charge in [-0.05, 0) is 19.1 Å². The Morgan fingerprint density at radius 2 is 2.25 bits per heavy atom. The second kappa shape index (κ2) is 6.25. The summed E-state index contributed by atoms with van der Waals surface area (Å²) in [7, 11) is 0. The minimum atomic E-state index is -0.580. The molecule has 1 aromatic rings. The Morgan fingerprint density at radius 1 is 1.50 bits per heavy atom. The van der Waals surface area contributed by atoms with Crippen LogP contribution in [-0.2, 0) is 14.3 Å². The van der Waals surface area contributed by atoms with E-state index in [-0.39, 0.29) is 0 Å². The van der Waals surface area contributed by atoms with Crippen molar-refractivity contribution in [3.63, 3.8) is 0 Å². The fraction of sp³-hybridized carbons (Fsp3) is 0.167. The first-order chi connectivity index (χ1) is 7.77. The third-order valence-electron chi connectivity index (χ3n) is 1.72. The Hall–Kier alpha value is -2.28. The average Bonchev–Trinajstić information content (AvgIpc) is 2.29. The lowest BCUT2D eigenvalue weighted by atomic mass is 10.2. The molecule has 1 rings (SSSR count).